The highest BCUT2D eigenvalue weighted by Gasteiger charge is 2.02. The van der Waals surface area contributed by atoms with Gasteiger partial charge >= 0.3 is 0 Å². The van der Waals surface area contributed by atoms with Crippen molar-refractivity contribution in [2.75, 3.05) is 13.7 Å². The molecule has 0 atom stereocenters. The quantitative estimate of drug-likeness (QED) is 0.691. The maximum Gasteiger partial charge on any atom is 0.133 e. The number of hydrogen-bond donors (Lipinski definition) is 0. The largest absolute Gasteiger partial charge is 0.497 e. The standard InChI is InChI=1S/C13H19BrO2/c1-3-4-5-6-9-16-13-8-7-11(15-2)10-12(13)14/h7-8,10H,3-6,9H2,1-2H3. The molecule has 0 spiro atoms. The molecule has 0 N–H and O–H groups in total. The van der Waals surface area contributed by atoms with Crippen molar-refractivity contribution >= 4 is 15.9 Å². The molecule has 0 aliphatic heterocycles. The van der Waals surface area contributed by atoms with Crippen molar-refractivity contribution in [3.8, 4) is 11.5 Å². The Morgan fingerprint density at radius 2 is 2.00 bits per heavy atom. The summed E-state index contributed by atoms with van der Waals surface area (Å²) in [6.45, 7) is 2.99. The Kier molecular flexibility index (Phi) is 6.31. The van der Waals surface area contributed by atoms with Gasteiger partial charge in [-0.3, -0.25) is 0 Å². The van der Waals surface area contributed by atoms with Crippen molar-refractivity contribution in [3.63, 3.8) is 0 Å². The van der Waals surface area contributed by atoms with Crippen LogP contribution in [0.4, 0.5) is 0 Å². The number of benzene rings is 1. The third-order valence-corrected chi connectivity index (χ3v) is 3.01. The van der Waals surface area contributed by atoms with Crippen molar-refractivity contribution in [3.05, 3.63) is 22.7 Å². The molecule has 0 saturated heterocycles. The molecule has 0 aliphatic carbocycles. The third kappa shape index (κ3) is 4.44. The molecule has 2 nitrogen and oxygen atoms in total. The van der Waals surface area contributed by atoms with E-state index < -0.39 is 0 Å². The third-order valence-electron chi connectivity index (χ3n) is 2.39. The van der Waals surface area contributed by atoms with Gasteiger partial charge in [0.1, 0.15) is 11.5 Å². The van der Waals surface area contributed by atoms with Gasteiger partial charge in [0.15, 0.2) is 0 Å². The molecule has 0 bridgehead atoms. The SMILES string of the molecule is CCCCCCOc1ccc(OC)cc1Br. The molecule has 0 aliphatic rings. The molecule has 1 aromatic carbocycles. The van der Waals surface area contributed by atoms with Gasteiger partial charge in [-0.15, -0.1) is 0 Å². The van der Waals surface area contributed by atoms with Crippen LogP contribution in [-0.4, -0.2) is 13.7 Å². The average molecular weight is 287 g/mol. The van der Waals surface area contributed by atoms with Gasteiger partial charge in [0, 0.05) is 0 Å². The lowest BCUT2D eigenvalue weighted by molar-refractivity contribution is 0.302. The van der Waals surface area contributed by atoms with Crippen LogP contribution in [0.1, 0.15) is 32.6 Å². The number of methoxy groups -OCH3 is 1. The molecule has 0 unspecified atom stereocenters. The van der Waals surface area contributed by atoms with Crippen molar-refractivity contribution in [1.82, 2.24) is 0 Å². The number of unbranched alkanes of at least 4 members (excludes halogenated alkanes) is 3. The van der Waals surface area contributed by atoms with E-state index in [1.54, 1.807) is 7.11 Å². The fourth-order valence-corrected chi connectivity index (χ4v) is 1.91. The predicted octanol–water partition coefficient (Wildman–Crippen LogP) is 4.42. The smallest absolute Gasteiger partial charge is 0.133 e. The lowest BCUT2D eigenvalue weighted by atomic mass is 10.2. The van der Waals surface area contributed by atoms with Crippen LogP contribution in [0.25, 0.3) is 0 Å². The van der Waals surface area contributed by atoms with Crippen molar-refractivity contribution in [2.45, 2.75) is 32.6 Å². The first-order chi connectivity index (χ1) is 7.77. The van der Waals surface area contributed by atoms with Crippen molar-refractivity contribution in [2.24, 2.45) is 0 Å². The van der Waals surface area contributed by atoms with E-state index in [2.05, 4.69) is 22.9 Å². The lowest BCUT2D eigenvalue weighted by Crippen LogP contribution is -1.98. The van der Waals surface area contributed by atoms with Crippen LogP contribution in [-0.2, 0) is 0 Å². The molecule has 0 fully saturated rings. The highest BCUT2D eigenvalue weighted by Crippen LogP contribution is 2.29. The van der Waals surface area contributed by atoms with E-state index in [-0.39, 0.29) is 0 Å². The van der Waals surface area contributed by atoms with E-state index in [0.29, 0.717) is 0 Å². The van der Waals surface area contributed by atoms with Gasteiger partial charge in [-0.2, -0.15) is 0 Å². The highest BCUT2D eigenvalue weighted by molar-refractivity contribution is 9.10. The summed E-state index contributed by atoms with van der Waals surface area (Å²) < 4.78 is 11.7. The summed E-state index contributed by atoms with van der Waals surface area (Å²) in [6, 6.07) is 5.76. The molecule has 16 heavy (non-hydrogen) atoms. The molecular weight excluding hydrogens is 268 g/mol. The van der Waals surface area contributed by atoms with Gasteiger partial charge in [0.05, 0.1) is 18.2 Å². The monoisotopic (exact) mass is 286 g/mol. The van der Waals surface area contributed by atoms with E-state index in [1.807, 2.05) is 18.2 Å². The summed E-state index contributed by atoms with van der Waals surface area (Å²) in [4.78, 5) is 0. The zero-order chi connectivity index (χ0) is 11.8. The van der Waals surface area contributed by atoms with E-state index in [1.165, 1.54) is 19.3 Å². The highest BCUT2D eigenvalue weighted by atomic mass is 79.9. The van der Waals surface area contributed by atoms with Crippen LogP contribution in [0.3, 0.4) is 0 Å². The first-order valence-corrected chi connectivity index (χ1v) is 6.53. The first kappa shape index (κ1) is 13.4. The molecule has 90 valence electrons. The molecule has 3 heteroatoms. The fourth-order valence-electron chi connectivity index (χ4n) is 1.44. The minimum Gasteiger partial charge on any atom is -0.497 e. The Hall–Kier alpha value is -0.700. The number of rotatable bonds is 7. The molecule has 0 radical (unpaired) electrons. The van der Waals surface area contributed by atoms with Crippen LogP contribution in [0.5, 0.6) is 11.5 Å². The number of halogens is 1. The minimum atomic E-state index is 0.783. The van der Waals surface area contributed by atoms with Gasteiger partial charge in [0.25, 0.3) is 0 Å². The Labute approximate surface area is 106 Å². The Morgan fingerprint density at radius 3 is 2.62 bits per heavy atom. The van der Waals surface area contributed by atoms with Crippen LogP contribution < -0.4 is 9.47 Å². The Morgan fingerprint density at radius 1 is 1.19 bits per heavy atom. The molecule has 0 aromatic heterocycles. The van der Waals surface area contributed by atoms with Crippen LogP contribution in [0.15, 0.2) is 22.7 Å². The summed E-state index contributed by atoms with van der Waals surface area (Å²) in [5.74, 6) is 1.72. The maximum absolute atomic E-state index is 5.68. The second-order valence-electron chi connectivity index (χ2n) is 3.71. The fraction of sp³-hybridized carbons (Fsp3) is 0.538. The van der Waals surface area contributed by atoms with Crippen LogP contribution in [0, 0.1) is 0 Å². The van der Waals surface area contributed by atoms with Gasteiger partial charge in [-0.1, -0.05) is 26.2 Å². The van der Waals surface area contributed by atoms with Gasteiger partial charge < -0.3 is 9.47 Å². The summed E-state index contributed by atoms with van der Waals surface area (Å²) in [5, 5.41) is 0. The number of ether oxygens (including phenoxy) is 2. The van der Waals surface area contributed by atoms with E-state index in [9.17, 15) is 0 Å². The molecule has 0 saturated carbocycles. The molecule has 0 amide bonds. The zero-order valence-electron chi connectivity index (χ0n) is 9.96. The predicted molar refractivity (Wildman–Crippen MR) is 70.3 cm³/mol. The van der Waals surface area contributed by atoms with E-state index in [4.69, 9.17) is 9.47 Å². The van der Waals surface area contributed by atoms with E-state index >= 15 is 0 Å². The van der Waals surface area contributed by atoms with Crippen LogP contribution >= 0.6 is 15.9 Å². The molecule has 1 rings (SSSR count). The molecular formula is C13H19BrO2. The van der Waals surface area contributed by atoms with Gasteiger partial charge in [-0.25, -0.2) is 0 Å². The Bertz CT molecular complexity index is 313. The topological polar surface area (TPSA) is 18.5 Å². The van der Waals surface area contributed by atoms with Gasteiger partial charge in [0.2, 0.25) is 0 Å². The molecule has 0 heterocycles. The lowest BCUT2D eigenvalue weighted by Gasteiger charge is -2.09. The van der Waals surface area contributed by atoms with Crippen molar-refractivity contribution in [1.29, 1.82) is 0 Å². The summed E-state index contributed by atoms with van der Waals surface area (Å²) in [7, 11) is 1.66. The Balaban J connectivity index is 2.36. The summed E-state index contributed by atoms with van der Waals surface area (Å²) in [5.41, 5.74) is 0. The maximum atomic E-state index is 5.68. The van der Waals surface area contributed by atoms with E-state index in [0.717, 1.165) is 29.0 Å². The normalized spacial score (nSPS) is 10.2. The first-order valence-electron chi connectivity index (χ1n) is 5.74. The average Bonchev–Trinajstić information content (AvgIpc) is 2.30. The summed E-state index contributed by atoms with van der Waals surface area (Å²) in [6.07, 6.45) is 4.90. The molecule has 1 aromatic rings. The second-order valence-corrected chi connectivity index (χ2v) is 4.56. The van der Waals surface area contributed by atoms with Gasteiger partial charge in [-0.05, 0) is 40.5 Å². The zero-order valence-corrected chi connectivity index (χ0v) is 11.5. The number of hydrogen-bond acceptors (Lipinski definition) is 2. The summed E-state index contributed by atoms with van der Waals surface area (Å²) >= 11 is 3.47. The minimum absolute atomic E-state index is 0.783. The second kappa shape index (κ2) is 7.55. The van der Waals surface area contributed by atoms with Crippen molar-refractivity contribution < 1.29 is 9.47 Å². The van der Waals surface area contributed by atoms with Crippen LogP contribution in [0.2, 0.25) is 0 Å².